The normalized spacial score (nSPS) is 9.57. The molecule has 0 spiro atoms. The number of nitrogens with one attached hydrogen (secondary N) is 1. The molecule has 0 aromatic heterocycles. The summed E-state index contributed by atoms with van der Waals surface area (Å²) in [6, 6.07) is 0. The molecular formula is C9H18N2O3. The quantitative estimate of drug-likeness (QED) is 0.442. The molecule has 0 bridgehead atoms. The molecule has 82 valence electrons. The first kappa shape index (κ1) is 12.9. The Hall–Kier alpha value is -1.10. The molecule has 0 saturated heterocycles. The summed E-state index contributed by atoms with van der Waals surface area (Å²) in [5.74, 6) is -0.325. The summed E-state index contributed by atoms with van der Waals surface area (Å²) in [4.78, 5) is 21.4. The summed E-state index contributed by atoms with van der Waals surface area (Å²) in [5.41, 5.74) is 5.10. The molecule has 0 aromatic carbocycles. The van der Waals surface area contributed by atoms with Gasteiger partial charge < -0.3 is 15.8 Å². The van der Waals surface area contributed by atoms with Crippen molar-refractivity contribution in [1.82, 2.24) is 5.32 Å². The number of carbonyl (C=O) groups excluding carboxylic acids is 2. The lowest BCUT2D eigenvalue weighted by Crippen LogP contribution is -2.30. The van der Waals surface area contributed by atoms with E-state index in [9.17, 15) is 9.59 Å². The molecule has 5 heteroatoms. The lowest BCUT2D eigenvalue weighted by atomic mass is 10.2. The van der Waals surface area contributed by atoms with Crippen LogP contribution in [0.5, 0.6) is 0 Å². The third kappa shape index (κ3) is 7.54. The lowest BCUT2D eigenvalue weighted by Gasteiger charge is -2.02. The molecule has 0 aromatic rings. The topological polar surface area (TPSA) is 81.4 Å². The van der Waals surface area contributed by atoms with Crippen LogP contribution in [0.2, 0.25) is 0 Å². The molecule has 0 rings (SSSR count). The van der Waals surface area contributed by atoms with E-state index in [4.69, 9.17) is 5.73 Å². The highest BCUT2D eigenvalue weighted by Crippen LogP contribution is 1.99. The lowest BCUT2D eigenvalue weighted by molar-refractivity contribution is -0.140. The Kier molecular flexibility index (Phi) is 7.83. The maximum atomic E-state index is 10.7. The van der Waals surface area contributed by atoms with Crippen molar-refractivity contribution in [3.05, 3.63) is 0 Å². The second-order valence-corrected chi connectivity index (χ2v) is 2.94. The summed E-state index contributed by atoms with van der Waals surface area (Å²) in [7, 11) is 1.38. The van der Waals surface area contributed by atoms with Gasteiger partial charge in [0.1, 0.15) is 0 Å². The first-order chi connectivity index (χ1) is 6.70. The van der Waals surface area contributed by atoms with Crippen LogP contribution in [0.15, 0.2) is 0 Å². The summed E-state index contributed by atoms with van der Waals surface area (Å²) >= 11 is 0. The highest BCUT2D eigenvalue weighted by atomic mass is 16.5. The monoisotopic (exact) mass is 202 g/mol. The van der Waals surface area contributed by atoms with Crippen molar-refractivity contribution in [1.29, 1.82) is 0 Å². The van der Waals surface area contributed by atoms with Crippen molar-refractivity contribution in [3.8, 4) is 0 Å². The fourth-order valence-corrected chi connectivity index (χ4v) is 0.973. The van der Waals surface area contributed by atoms with E-state index in [0.29, 0.717) is 13.0 Å². The van der Waals surface area contributed by atoms with E-state index in [1.54, 1.807) is 0 Å². The van der Waals surface area contributed by atoms with Gasteiger partial charge in [0, 0.05) is 13.0 Å². The van der Waals surface area contributed by atoms with Crippen molar-refractivity contribution in [2.75, 3.05) is 20.2 Å². The van der Waals surface area contributed by atoms with Gasteiger partial charge in [0.25, 0.3) is 0 Å². The van der Waals surface area contributed by atoms with Crippen LogP contribution in [-0.4, -0.2) is 32.1 Å². The maximum Gasteiger partial charge on any atom is 0.305 e. The molecule has 0 unspecified atom stereocenters. The van der Waals surface area contributed by atoms with E-state index in [2.05, 4.69) is 10.1 Å². The van der Waals surface area contributed by atoms with Gasteiger partial charge in [0.05, 0.1) is 13.7 Å². The third-order valence-electron chi connectivity index (χ3n) is 1.79. The minimum atomic E-state index is -0.184. The van der Waals surface area contributed by atoms with Crippen molar-refractivity contribution >= 4 is 11.9 Å². The van der Waals surface area contributed by atoms with Crippen LogP contribution in [-0.2, 0) is 14.3 Å². The van der Waals surface area contributed by atoms with Crippen molar-refractivity contribution in [3.63, 3.8) is 0 Å². The van der Waals surface area contributed by atoms with Gasteiger partial charge in [0.15, 0.2) is 0 Å². The highest BCUT2D eigenvalue weighted by Gasteiger charge is 1.99. The number of esters is 1. The van der Waals surface area contributed by atoms with Crippen LogP contribution in [0.25, 0.3) is 0 Å². The number of rotatable bonds is 7. The second kappa shape index (κ2) is 8.50. The van der Waals surface area contributed by atoms with Gasteiger partial charge >= 0.3 is 5.97 Å². The molecule has 0 fully saturated rings. The van der Waals surface area contributed by atoms with E-state index in [1.165, 1.54) is 7.11 Å². The van der Waals surface area contributed by atoms with Crippen LogP contribution in [0.1, 0.15) is 25.7 Å². The molecule has 1 amide bonds. The van der Waals surface area contributed by atoms with Gasteiger partial charge in [-0.15, -0.1) is 0 Å². The van der Waals surface area contributed by atoms with Gasteiger partial charge in [-0.25, -0.2) is 0 Å². The SMILES string of the molecule is COC(=O)CCCCCNC(=O)CN. The van der Waals surface area contributed by atoms with Crippen LogP contribution < -0.4 is 11.1 Å². The van der Waals surface area contributed by atoms with Gasteiger partial charge in [-0.2, -0.15) is 0 Å². The number of methoxy groups -OCH3 is 1. The highest BCUT2D eigenvalue weighted by molar-refractivity contribution is 5.77. The Balaban J connectivity index is 3.14. The summed E-state index contributed by atoms with van der Waals surface area (Å²) in [6.45, 7) is 0.652. The summed E-state index contributed by atoms with van der Waals surface area (Å²) < 4.78 is 4.49. The Morgan fingerprint density at radius 3 is 2.57 bits per heavy atom. The average molecular weight is 202 g/mol. The Morgan fingerprint density at radius 1 is 1.29 bits per heavy atom. The standard InChI is InChI=1S/C9H18N2O3/c1-14-9(13)5-3-2-4-6-11-8(12)7-10/h2-7,10H2,1H3,(H,11,12). The number of carbonyl (C=O) groups is 2. The van der Waals surface area contributed by atoms with Crippen LogP contribution in [0, 0.1) is 0 Å². The maximum absolute atomic E-state index is 10.7. The fourth-order valence-electron chi connectivity index (χ4n) is 0.973. The minimum absolute atomic E-state index is 0.0299. The Bertz CT molecular complexity index is 163. The van der Waals surface area contributed by atoms with Gasteiger partial charge in [-0.1, -0.05) is 6.42 Å². The van der Waals surface area contributed by atoms with E-state index in [-0.39, 0.29) is 18.4 Å². The number of unbranched alkanes of at least 4 members (excludes halogenated alkanes) is 2. The van der Waals surface area contributed by atoms with Gasteiger partial charge in [-0.3, -0.25) is 9.59 Å². The third-order valence-corrected chi connectivity index (χ3v) is 1.79. The zero-order chi connectivity index (χ0) is 10.8. The zero-order valence-electron chi connectivity index (χ0n) is 8.54. The summed E-state index contributed by atoms with van der Waals surface area (Å²) in [5, 5.41) is 2.65. The number of ether oxygens (including phenoxy) is 1. The number of hydrogen-bond donors (Lipinski definition) is 2. The van der Waals surface area contributed by atoms with Crippen LogP contribution in [0.3, 0.4) is 0 Å². The second-order valence-electron chi connectivity index (χ2n) is 2.94. The zero-order valence-corrected chi connectivity index (χ0v) is 8.54. The van der Waals surface area contributed by atoms with Crippen LogP contribution in [0.4, 0.5) is 0 Å². The summed E-state index contributed by atoms with van der Waals surface area (Å²) in [6.07, 6.45) is 3.01. The van der Waals surface area contributed by atoms with Crippen molar-refractivity contribution in [2.45, 2.75) is 25.7 Å². The molecule has 0 aliphatic rings. The largest absolute Gasteiger partial charge is 0.469 e. The molecule has 0 aliphatic carbocycles. The first-order valence-electron chi connectivity index (χ1n) is 4.74. The van der Waals surface area contributed by atoms with Crippen molar-refractivity contribution in [2.24, 2.45) is 5.73 Å². The predicted molar refractivity (Wildman–Crippen MR) is 52.5 cm³/mol. The number of hydrogen-bond acceptors (Lipinski definition) is 4. The van der Waals surface area contributed by atoms with E-state index < -0.39 is 0 Å². The number of amides is 1. The minimum Gasteiger partial charge on any atom is -0.469 e. The molecule has 0 atom stereocenters. The average Bonchev–Trinajstić information content (AvgIpc) is 2.22. The molecule has 5 nitrogen and oxygen atoms in total. The Labute approximate surface area is 84.0 Å². The molecule has 0 radical (unpaired) electrons. The van der Waals surface area contributed by atoms with Gasteiger partial charge in [-0.05, 0) is 12.8 Å². The fraction of sp³-hybridized carbons (Fsp3) is 0.778. The van der Waals surface area contributed by atoms with E-state index in [0.717, 1.165) is 19.3 Å². The predicted octanol–water partition coefficient (Wildman–Crippen LogP) is -0.205. The number of nitrogens with two attached hydrogens (primary N) is 1. The first-order valence-corrected chi connectivity index (χ1v) is 4.74. The van der Waals surface area contributed by atoms with E-state index in [1.807, 2.05) is 0 Å². The molecule has 0 aliphatic heterocycles. The van der Waals surface area contributed by atoms with Crippen molar-refractivity contribution < 1.29 is 14.3 Å². The van der Waals surface area contributed by atoms with Crippen LogP contribution >= 0.6 is 0 Å². The van der Waals surface area contributed by atoms with E-state index >= 15 is 0 Å². The molecule has 0 saturated carbocycles. The van der Waals surface area contributed by atoms with Gasteiger partial charge in [0.2, 0.25) is 5.91 Å². The molecule has 14 heavy (non-hydrogen) atoms. The Morgan fingerprint density at radius 2 is 2.00 bits per heavy atom. The molecule has 3 N–H and O–H groups in total. The molecular weight excluding hydrogens is 184 g/mol. The smallest absolute Gasteiger partial charge is 0.305 e. The molecule has 0 heterocycles.